The third kappa shape index (κ3) is 3.19. The number of nitrogens with one attached hydrogen (secondary N) is 1. The van der Waals surface area contributed by atoms with Crippen molar-refractivity contribution in [3.63, 3.8) is 0 Å². The Morgan fingerprint density at radius 2 is 1.78 bits per heavy atom. The van der Waals surface area contributed by atoms with Gasteiger partial charge < -0.3 is 10.4 Å². The van der Waals surface area contributed by atoms with Gasteiger partial charge in [0.05, 0.1) is 5.92 Å². The van der Waals surface area contributed by atoms with E-state index in [4.69, 9.17) is 5.11 Å². The van der Waals surface area contributed by atoms with Gasteiger partial charge in [-0.25, -0.2) is 0 Å². The Kier molecular flexibility index (Phi) is 4.20. The van der Waals surface area contributed by atoms with E-state index in [1.807, 2.05) is 11.8 Å². The van der Waals surface area contributed by atoms with Crippen molar-refractivity contribution >= 4 is 23.6 Å². The summed E-state index contributed by atoms with van der Waals surface area (Å²) in [4.78, 5) is 22.8. The van der Waals surface area contributed by atoms with Gasteiger partial charge in [-0.3, -0.25) is 9.59 Å². The monoisotopic (exact) mass is 271 g/mol. The van der Waals surface area contributed by atoms with E-state index in [1.54, 1.807) is 0 Å². The number of hydrogen-bond donors (Lipinski definition) is 2. The van der Waals surface area contributed by atoms with Gasteiger partial charge in [0, 0.05) is 17.2 Å². The van der Waals surface area contributed by atoms with Gasteiger partial charge in [0.1, 0.15) is 0 Å². The molecule has 102 valence electrons. The van der Waals surface area contributed by atoms with Gasteiger partial charge in [0.15, 0.2) is 0 Å². The highest BCUT2D eigenvalue weighted by atomic mass is 32.2. The van der Waals surface area contributed by atoms with Crippen LogP contribution in [0.5, 0.6) is 0 Å². The van der Waals surface area contributed by atoms with E-state index < -0.39 is 5.97 Å². The predicted molar refractivity (Wildman–Crippen MR) is 71.6 cm³/mol. The number of carbonyl (C=O) groups excluding carboxylic acids is 1. The predicted octanol–water partition coefficient (Wildman–Crippen LogP) is 1.89. The van der Waals surface area contributed by atoms with Crippen LogP contribution in [0.25, 0.3) is 0 Å². The molecule has 0 aromatic rings. The summed E-state index contributed by atoms with van der Waals surface area (Å²) in [7, 11) is 0. The second-order valence-corrected chi connectivity index (χ2v) is 6.77. The highest BCUT2D eigenvalue weighted by Crippen LogP contribution is 2.46. The van der Waals surface area contributed by atoms with Crippen molar-refractivity contribution in [2.24, 2.45) is 11.8 Å². The number of aliphatic carboxylic acids is 1. The summed E-state index contributed by atoms with van der Waals surface area (Å²) in [6, 6.07) is 0. The van der Waals surface area contributed by atoms with Crippen LogP contribution in [0.3, 0.4) is 0 Å². The van der Waals surface area contributed by atoms with Crippen molar-refractivity contribution in [1.29, 1.82) is 0 Å². The molecule has 0 spiro atoms. The van der Waals surface area contributed by atoms with Crippen LogP contribution in [-0.2, 0) is 9.59 Å². The lowest BCUT2D eigenvalue weighted by atomic mass is 9.81. The van der Waals surface area contributed by atoms with Gasteiger partial charge in [-0.05, 0) is 44.8 Å². The van der Waals surface area contributed by atoms with Crippen LogP contribution < -0.4 is 5.32 Å². The molecular formula is C13H21NO3S. The summed E-state index contributed by atoms with van der Waals surface area (Å²) in [6.45, 7) is 0.770. The van der Waals surface area contributed by atoms with E-state index in [0.29, 0.717) is 17.6 Å². The number of hydrogen-bond acceptors (Lipinski definition) is 3. The third-order valence-electron chi connectivity index (χ3n) is 4.27. The van der Waals surface area contributed by atoms with Crippen molar-refractivity contribution < 1.29 is 14.7 Å². The molecule has 0 aliphatic heterocycles. The minimum atomic E-state index is -0.715. The Bertz CT molecular complexity index is 333. The summed E-state index contributed by atoms with van der Waals surface area (Å²) in [5, 5.41) is 12.0. The summed E-state index contributed by atoms with van der Waals surface area (Å²) >= 11 is 1.84. The fraction of sp³-hybridized carbons (Fsp3) is 0.846. The molecule has 2 aliphatic rings. The Hall–Kier alpha value is -0.710. The summed E-state index contributed by atoms with van der Waals surface area (Å²) in [6.07, 6.45) is 7.20. The first-order valence-electron chi connectivity index (χ1n) is 6.62. The van der Waals surface area contributed by atoms with Crippen LogP contribution >= 0.6 is 11.8 Å². The third-order valence-corrected chi connectivity index (χ3v) is 5.69. The fourth-order valence-electron chi connectivity index (χ4n) is 2.59. The molecule has 1 amide bonds. The first kappa shape index (κ1) is 13.7. The molecule has 0 aromatic carbocycles. The van der Waals surface area contributed by atoms with Crippen LogP contribution in [0.2, 0.25) is 0 Å². The molecule has 0 aromatic heterocycles. The van der Waals surface area contributed by atoms with Crippen molar-refractivity contribution in [1.82, 2.24) is 5.32 Å². The highest BCUT2D eigenvalue weighted by molar-refractivity contribution is 8.00. The number of carboxylic acid groups (broad SMARTS) is 1. The normalized spacial score (nSPS) is 29.6. The summed E-state index contributed by atoms with van der Waals surface area (Å²) in [5.74, 6) is -0.805. The van der Waals surface area contributed by atoms with Gasteiger partial charge in [0.2, 0.25) is 5.91 Å². The zero-order valence-corrected chi connectivity index (χ0v) is 11.6. The molecule has 0 heterocycles. The first-order valence-corrected chi connectivity index (χ1v) is 7.84. The van der Waals surface area contributed by atoms with E-state index in [1.165, 1.54) is 12.8 Å². The van der Waals surface area contributed by atoms with E-state index >= 15 is 0 Å². The summed E-state index contributed by atoms with van der Waals surface area (Å²) < 4.78 is 0.300. The molecule has 2 fully saturated rings. The van der Waals surface area contributed by atoms with E-state index in [9.17, 15) is 9.59 Å². The highest BCUT2D eigenvalue weighted by Gasteiger charge is 2.42. The van der Waals surface area contributed by atoms with Crippen molar-refractivity contribution in [2.75, 3.05) is 12.8 Å². The molecule has 0 radical (unpaired) electrons. The average molecular weight is 271 g/mol. The molecule has 0 unspecified atom stereocenters. The molecule has 0 bridgehead atoms. The lowest BCUT2D eigenvalue weighted by Gasteiger charge is -2.26. The van der Waals surface area contributed by atoms with Crippen LogP contribution in [0.4, 0.5) is 0 Å². The zero-order valence-electron chi connectivity index (χ0n) is 10.8. The molecule has 4 nitrogen and oxygen atoms in total. The molecule has 2 N–H and O–H groups in total. The van der Waals surface area contributed by atoms with Crippen molar-refractivity contribution in [3.8, 4) is 0 Å². The maximum Gasteiger partial charge on any atom is 0.306 e. The largest absolute Gasteiger partial charge is 0.481 e. The maximum atomic E-state index is 12.0. The van der Waals surface area contributed by atoms with Crippen LogP contribution in [0, 0.1) is 11.8 Å². The molecule has 2 saturated carbocycles. The molecule has 2 rings (SSSR count). The number of carboxylic acids is 1. The minimum Gasteiger partial charge on any atom is -0.481 e. The lowest BCUT2D eigenvalue weighted by molar-refractivity contribution is -0.144. The first-order chi connectivity index (χ1) is 8.56. The van der Waals surface area contributed by atoms with Gasteiger partial charge in [-0.1, -0.05) is 0 Å². The van der Waals surface area contributed by atoms with Crippen LogP contribution in [0.1, 0.15) is 38.5 Å². The minimum absolute atomic E-state index is 0.0262. The topological polar surface area (TPSA) is 66.4 Å². The van der Waals surface area contributed by atoms with E-state index in [2.05, 4.69) is 11.6 Å². The molecule has 5 heteroatoms. The van der Waals surface area contributed by atoms with Gasteiger partial charge >= 0.3 is 5.97 Å². The second-order valence-electron chi connectivity index (χ2n) is 5.49. The average Bonchev–Trinajstić information content (AvgIpc) is 3.17. The summed E-state index contributed by atoms with van der Waals surface area (Å²) in [5.41, 5.74) is 0. The van der Waals surface area contributed by atoms with E-state index in [0.717, 1.165) is 19.4 Å². The molecule has 0 saturated heterocycles. The number of rotatable bonds is 5. The molecular weight excluding hydrogens is 250 g/mol. The second kappa shape index (κ2) is 5.51. The number of thioether (sulfide) groups is 1. The Morgan fingerprint density at radius 1 is 1.22 bits per heavy atom. The molecule has 18 heavy (non-hydrogen) atoms. The number of amides is 1. The Morgan fingerprint density at radius 3 is 2.22 bits per heavy atom. The SMILES string of the molecule is CSC1(CNC(=O)C2CCC(C(=O)O)CC2)CC1. The maximum absolute atomic E-state index is 12.0. The molecule has 0 atom stereocenters. The van der Waals surface area contributed by atoms with Crippen LogP contribution in [-0.4, -0.2) is 34.5 Å². The number of carbonyl (C=O) groups is 2. The smallest absolute Gasteiger partial charge is 0.306 e. The van der Waals surface area contributed by atoms with E-state index in [-0.39, 0.29) is 17.7 Å². The standard InChI is InChI=1S/C13H21NO3S/c1-18-13(6-7-13)8-14-11(15)9-2-4-10(5-3-9)12(16)17/h9-10H,2-8H2,1H3,(H,14,15)(H,16,17). The lowest BCUT2D eigenvalue weighted by Crippen LogP contribution is -2.38. The van der Waals surface area contributed by atoms with Crippen molar-refractivity contribution in [2.45, 2.75) is 43.3 Å². The molecule has 2 aliphatic carbocycles. The van der Waals surface area contributed by atoms with Gasteiger partial charge in [-0.2, -0.15) is 11.8 Å². The quantitative estimate of drug-likeness (QED) is 0.801. The van der Waals surface area contributed by atoms with Crippen molar-refractivity contribution in [3.05, 3.63) is 0 Å². The van der Waals surface area contributed by atoms with Gasteiger partial charge in [0.25, 0.3) is 0 Å². The Labute approximate surface area is 112 Å². The Balaban J connectivity index is 1.72. The van der Waals surface area contributed by atoms with Gasteiger partial charge in [-0.15, -0.1) is 0 Å². The fourth-order valence-corrected chi connectivity index (χ4v) is 3.31. The zero-order chi connectivity index (χ0) is 13.2. The van der Waals surface area contributed by atoms with Crippen LogP contribution in [0.15, 0.2) is 0 Å².